The molecule has 2 aliphatic rings. The monoisotopic (exact) mass is 445 g/mol. The van der Waals surface area contributed by atoms with Gasteiger partial charge in [0.25, 0.3) is 0 Å². The van der Waals surface area contributed by atoms with Crippen molar-refractivity contribution in [2.75, 3.05) is 31.9 Å². The molecule has 0 unspecified atom stereocenters. The average molecular weight is 446 g/mol. The quantitative estimate of drug-likeness (QED) is 0.356. The van der Waals surface area contributed by atoms with Gasteiger partial charge in [-0.05, 0) is 37.1 Å². The highest BCUT2D eigenvalue weighted by molar-refractivity contribution is 7.99. The van der Waals surface area contributed by atoms with E-state index in [1.807, 2.05) is 58.3 Å². The Balaban J connectivity index is 1.24. The zero-order chi connectivity index (χ0) is 21.7. The van der Waals surface area contributed by atoms with E-state index in [0.717, 1.165) is 45.6 Å². The van der Waals surface area contributed by atoms with Crippen LogP contribution in [0.5, 0.6) is 0 Å². The van der Waals surface area contributed by atoms with Crippen molar-refractivity contribution >= 4 is 51.2 Å². The van der Waals surface area contributed by atoms with Gasteiger partial charge < -0.3 is 9.80 Å². The summed E-state index contributed by atoms with van der Waals surface area (Å²) in [6, 6.07) is 16.0. The summed E-state index contributed by atoms with van der Waals surface area (Å²) in [7, 11) is 0. The lowest BCUT2D eigenvalue weighted by Gasteiger charge is -2.34. The Morgan fingerprint density at radius 2 is 1.56 bits per heavy atom. The number of benzene rings is 2. The van der Waals surface area contributed by atoms with Crippen molar-refractivity contribution in [3.05, 3.63) is 48.5 Å². The molecular formula is C24H23N5O2S. The molecule has 0 spiro atoms. The van der Waals surface area contributed by atoms with Crippen molar-refractivity contribution in [2.45, 2.75) is 18.0 Å². The summed E-state index contributed by atoms with van der Waals surface area (Å²) in [4.78, 5) is 38.7. The summed E-state index contributed by atoms with van der Waals surface area (Å²) in [5.41, 5.74) is 3.63. The number of aromatic nitrogens is 3. The number of para-hydroxylation sites is 3. The van der Waals surface area contributed by atoms with Gasteiger partial charge in [0.2, 0.25) is 11.8 Å². The Morgan fingerprint density at radius 1 is 0.875 bits per heavy atom. The third-order valence-corrected chi connectivity index (χ3v) is 7.23. The maximum atomic E-state index is 12.9. The van der Waals surface area contributed by atoms with E-state index >= 15 is 0 Å². The number of amides is 2. The summed E-state index contributed by atoms with van der Waals surface area (Å²) in [5, 5.41) is 1.76. The first-order valence-electron chi connectivity index (χ1n) is 11.0. The summed E-state index contributed by atoms with van der Waals surface area (Å²) in [6.45, 7) is 2.48. The minimum atomic E-state index is 0.0843. The summed E-state index contributed by atoms with van der Waals surface area (Å²) >= 11 is 1.45. The third kappa shape index (κ3) is 3.39. The fourth-order valence-corrected chi connectivity index (χ4v) is 5.30. The highest BCUT2D eigenvalue weighted by Crippen LogP contribution is 2.32. The van der Waals surface area contributed by atoms with Crippen LogP contribution in [0, 0.1) is 5.92 Å². The molecule has 0 atom stereocenters. The van der Waals surface area contributed by atoms with Gasteiger partial charge in [0.1, 0.15) is 5.65 Å². The van der Waals surface area contributed by atoms with E-state index in [-0.39, 0.29) is 17.7 Å². The van der Waals surface area contributed by atoms with Crippen LogP contribution in [-0.4, -0.2) is 67.9 Å². The molecule has 6 rings (SSSR count). The molecule has 162 valence electrons. The van der Waals surface area contributed by atoms with E-state index in [1.165, 1.54) is 11.8 Å². The largest absolute Gasteiger partial charge is 0.339 e. The Kier molecular flexibility index (Phi) is 4.75. The number of piperazine rings is 1. The molecule has 1 aliphatic carbocycles. The first kappa shape index (κ1) is 19.5. The van der Waals surface area contributed by atoms with Gasteiger partial charge in [-0.3, -0.25) is 14.0 Å². The number of carbonyl (C=O) groups is 2. The Morgan fingerprint density at radius 3 is 2.34 bits per heavy atom. The van der Waals surface area contributed by atoms with Crippen LogP contribution in [0.1, 0.15) is 12.8 Å². The molecule has 2 fully saturated rings. The molecule has 1 saturated heterocycles. The number of imidazole rings is 1. The van der Waals surface area contributed by atoms with Crippen molar-refractivity contribution in [1.29, 1.82) is 0 Å². The third-order valence-electron chi connectivity index (χ3n) is 6.31. The van der Waals surface area contributed by atoms with Crippen LogP contribution < -0.4 is 0 Å². The fourth-order valence-electron chi connectivity index (χ4n) is 4.39. The second-order valence-electron chi connectivity index (χ2n) is 8.44. The molecule has 1 aliphatic heterocycles. The molecule has 8 heteroatoms. The van der Waals surface area contributed by atoms with Crippen molar-refractivity contribution in [3.8, 4) is 0 Å². The Labute approximate surface area is 189 Å². The van der Waals surface area contributed by atoms with Crippen molar-refractivity contribution in [1.82, 2.24) is 24.2 Å². The number of rotatable bonds is 4. The zero-order valence-corrected chi connectivity index (χ0v) is 18.4. The molecule has 0 radical (unpaired) electrons. The number of hydrogen-bond donors (Lipinski definition) is 0. The lowest BCUT2D eigenvalue weighted by molar-refractivity contribution is -0.139. The van der Waals surface area contributed by atoms with Gasteiger partial charge in [-0.2, -0.15) is 0 Å². The maximum Gasteiger partial charge on any atom is 0.233 e. The molecular weight excluding hydrogens is 422 g/mol. The lowest BCUT2D eigenvalue weighted by atomic mass is 10.2. The summed E-state index contributed by atoms with van der Waals surface area (Å²) < 4.78 is 2.06. The van der Waals surface area contributed by atoms with Crippen LogP contribution in [0.2, 0.25) is 0 Å². The van der Waals surface area contributed by atoms with Crippen LogP contribution in [0.3, 0.4) is 0 Å². The number of hydrogen-bond acceptors (Lipinski definition) is 5. The van der Waals surface area contributed by atoms with Gasteiger partial charge in [0.05, 0.1) is 22.3 Å². The smallest absolute Gasteiger partial charge is 0.233 e. The lowest BCUT2D eigenvalue weighted by Crippen LogP contribution is -2.51. The second kappa shape index (κ2) is 7.78. The van der Waals surface area contributed by atoms with E-state index in [4.69, 9.17) is 9.97 Å². The van der Waals surface area contributed by atoms with Crippen molar-refractivity contribution in [3.63, 3.8) is 0 Å². The number of nitrogens with zero attached hydrogens (tertiary/aromatic N) is 5. The van der Waals surface area contributed by atoms with Gasteiger partial charge >= 0.3 is 0 Å². The average Bonchev–Trinajstić information content (AvgIpc) is 3.61. The Hall–Kier alpha value is -3.13. The van der Waals surface area contributed by atoms with E-state index in [9.17, 15) is 9.59 Å². The van der Waals surface area contributed by atoms with Crippen LogP contribution in [-0.2, 0) is 9.59 Å². The molecule has 32 heavy (non-hydrogen) atoms. The van der Waals surface area contributed by atoms with Crippen LogP contribution in [0.4, 0.5) is 0 Å². The van der Waals surface area contributed by atoms with Crippen molar-refractivity contribution < 1.29 is 9.59 Å². The van der Waals surface area contributed by atoms with Crippen molar-refractivity contribution in [2.24, 2.45) is 5.92 Å². The van der Waals surface area contributed by atoms with Crippen LogP contribution in [0.25, 0.3) is 27.6 Å². The van der Waals surface area contributed by atoms with Gasteiger partial charge in [0.15, 0.2) is 5.16 Å². The SMILES string of the molecule is O=C(CSc1nc2ccccc2c2nc3ccccc3n12)N1CCN(C(=O)C2CC2)CC1. The molecule has 2 aromatic heterocycles. The van der Waals surface area contributed by atoms with Gasteiger partial charge in [0, 0.05) is 37.5 Å². The minimum Gasteiger partial charge on any atom is -0.339 e. The van der Waals surface area contributed by atoms with E-state index < -0.39 is 0 Å². The zero-order valence-electron chi connectivity index (χ0n) is 17.6. The maximum absolute atomic E-state index is 12.9. The molecule has 7 nitrogen and oxygen atoms in total. The highest BCUT2D eigenvalue weighted by Gasteiger charge is 2.35. The molecule has 0 N–H and O–H groups in total. The highest BCUT2D eigenvalue weighted by atomic mass is 32.2. The normalized spacial score (nSPS) is 16.9. The van der Waals surface area contributed by atoms with Gasteiger partial charge in [-0.15, -0.1) is 0 Å². The first-order chi connectivity index (χ1) is 15.7. The number of carbonyl (C=O) groups excluding carboxylic acids is 2. The molecule has 3 heterocycles. The molecule has 4 aromatic rings. The Bertz CT molecular complexity index is 1350. The molecule has 2 amide bonds. The van der Waals surface area contributed by atoms with E-state index in [2.05, 4.69) is 4.40 Å². The molecule has 2 aromatic carbocycles. The van der Waals surface area contributed by atoms with Crippen LogP contribution in [0.15, 0.2) is 53.7 Å². The number of fused-ring (bicyclic) bond motifs is 5. The van der Waals surface area contributed by atoms with Gasteiger partial charge in [-0.1, -0.05) is 36.0 Å². The first-order valence-corrected chi connectivity index (χ1v) is 12.0. The van der Waals surface area contributed by atoms with Gasteiger partial charge in [-0.25, -0.2) is 9.97 Å². The molecule has 1 saturated carbocycles. The van der Waals surface area contributed by atoms with E-state index in [0.29, 0.717) is 31.9 Å². The van der Waals surface area contributed by atoms with Crippen LogP contribution >= 0.6 is 11.8 Å². The standard InChI is InChI=1S/C24H23N5O2S/c30-21(27-11-13-28(14-12-27)23(31)16-9-10-16)15-32-24-26-18-6-2-1-5-17(18)22-25-19-7-3-4-8-20(19)29(22)24/h1-8,16H,9-15H2. The predicted molar refractivity (Wildman–Crippen MR) is 125 cm³/mol. The fraction of sp³-hybridized carbons (Fsp3) is 0.333. The minimum absolute atomic E-state index is 0.0843. The topological polar surface area (TPSA) is 70.8 Å². The predicted octanol–water partition coefficient (Wildman–Crippen LogP) is 3.21. The number of thioether (sulfide) groups is 1. The van der Waals surface area contributed by atoms with E-state index in [1.54, 1.807) is 0 Å². The summed E-state index contributed by atoms with van der Waals surface area (Å²) in [5.74, 6) is 0.894. The summed E-state index contributed by atoms with van der Waals surface area (Å²) in [6.07, 6.45) is 2.04. The second-order valence-corrected chi connectivity index (χ2v) is 9.38. The molecule has 0 bridgehead atoms.